The molecule has 1 aromatic carbocycles. The van der Waals surface area contributed by atoms with E-state index in [4.69, 9.17) is 4.74 Å². The first-order valence-electron chi connectivity index (χ1n) is 10.4. The second-order valence-corrected chi connectivity index (χ2v) is 8.28. The summed E-state index contributed by atoms with van der Waals surface area (Å²) in [6.07, 6.45) is -3.30. The summed E-state index contributed by atoms with van der Waals surface area (Å²) in [5.41, 5.74) is -1.18. The number of alkyl halides is 3. The summed E-state index contributed by atoms with van der Waals surface area (Å²) in [4.78, 5) is 34.1. The largest absolute Gasteiger partial charge is 0.439 e. The van der Waals surface area contributed by atoms with Gasteiger partial charge in [0.25, 0.3) is 5.91 Å². The molecule has 1 aliphatic heterocycles. The summed E-state index contributed by atoms with van der Waals surface area (Å²) < 4.78 is 43.5. The van der Waals surface area contributed by atoms with Crippen LogP contribution in [0.25, 0.3) is 10.9 Å². The van der Waals surface area contributed by atoms with E-state index in [9.17, 15) is 27.9 Å². The fourth-order valence-electron chi connectivity index (χ4n) is 3.54. The van der Waals surface area contributed by atoms with Crippen LogP contribution in [0.3, 0.4) is 0 Å². The number of nitrogens with one attached hydrogen (secondary N) is 1. The van der Waals surface area contributed by atoms with Crippen molar-refractivity contribution in [3.05, 3.63) is 59.9 Å². The van der Waals surface area contributed by atoms with E-state index >= 15 is 0 Å². The van der Waals surface area contributed by atoms with Crippen LogP contribution in [0.15, 0.2) is 48.7 Å². The summed E-state index contributed by atoms with van der Waals surface area (Å²) in [7, 11) is 0. The second kappa shape index (κ2) is 8.90. The summed E-state index contributed by atoms with van der Waals surface area (Å²) in [5.74, 6) is -0.465. The fourth-order valence-corrected chi connectivity index (χ4v) is 3.54. The number of aromatic nitrogens is 2. The van der Waals surface area contributed by atoms with Crippen molar-refractivity contribution in [1.29, 1.82) is 0 Å². The van der Waals surface area contributed by atoms with Crippen molar-refractivity contribution in [3.63, 3.8) is 0 Å². The maximum absolute atomic E-state index is 12.7. The molecule has 1 saturated heterocycles. The highest BCUT2D eigenvalue weighted by atomic mass is 19.4. The van der Waals surface area contributed by atoms with Gasteiger partial charge >= 0.3 is 6.18 Å². The predicted octanol–water partition coefficient (Wildman–Crippen LogP) is 3.15. The van der Waals surface area contributed by atoms with Crippen molar-refractivity contribution in [1.82, 2.24) is 20.2 Å². The zero-order valence-corrected chi connectivity index (χ0v) is 18.1. The third kappa shape index (κ3) is 5.42. The molecule has 2 N–H and O–H groups in total. The Hall–Kier alpha value is -3.73. The van der Waals surface area contributed by atoms with Crippen molar-refractivity contribution < 1.29 is 32.6 Å². The number of likely N-dealkylation sites (tertiary alicyclic amines) is 1. The molecule has 4 rings (SSSR count). The van der Waals surface area contributed by atoms with E-state index in [-0.39, 0.29) is 30.6 Å². The van der Waals surface area contributed by atoms with Crippen molar-refractivity contribution in [2.75, 3.05) is 19.6 Å². The number of pyridine rings is 2. The number of carbonyl (C=O) groups excluding carboxylic acids is 2. The first kappa shape index (κ1) is 23.4. The molecule has 3 heterocycles. The van der Waals surface area contributed by atoms with Crippen LogP contribution in [0.1, 0.15) is 29.4 Å². The summed E-state index contributed by atoms with van der Waals surface area (Å²) in [6.45, 7) is 2.11. The molecule has 34 heavy (non-hydrogen) atoms. The number of fused-ring (bicyclic) bond motifs is 1. The van der Waals surface area contributed by atoms with Gasteiger partial charge in [-0.2, -0.15) is 13.2 Å². The van der Waals surface area contributed by atoms with Gasteiger partial charge in [-0.25, -0.2) is 9.97 Å². The van der Waals surface area contributed by atoms with Crippen molar-refractivity contribution in [3.8, 4) is 11.6 Å². The van der Waals surface area contributed by atoms with Gasteiger partial charge in [0.05, 0.1) is 23.2 Å². The first-order valence-corrected chi connectivity index (χ1v) is 10.4. The van der Waals surface area contributed by atoms with Crippen molar-refractivity contribution in [2.24, 2.45) is 0 Å². The molecule has 1 atom stereocenters. The van der Waals surface area contributed by atoms with E-state index in [1.807, 2.05) is 0 Å². The van der Waals surface area contributed by atoms with E-state index in [1.165, 1.54) is 11.0 Å². The van der Waals surface area contributed by atoms with Crippen LogP contribution in [0.4, 0.5) is 13.2 Å². The molecule has 2 amide bonds. The molecule has 1 fully saturated rings. The van der Waals surface area contributed by atoms with E-state index in [0.29, 0.717) is 35.8 Å². The summed E-state index contributed by atoms with van der Waals surface area (Å²) >= 11 is 0. The summed E-state index contributed by atoms with van der Waals surface area (Å²) in [5, 5.41) is 13.1. The minimum absolute atomic E-state index is 0.000453. The number of ether oxygens (including phenoxy) is 1. The average molecular weight is 474 g/mol. The molecule has 0 saturated carbocycles. The molecule has 0 spiro atoms. The zero-order valence-electron chi connectivity index (χ0n) is 18.1. The number of rotatable bonds is 5. The summed E-state index contributed by atoms with van der Waals surface area (Å²) in [6, 6.07) is 9.91. The topological polar surface area (TPSA) is 105 Å². The number of aliphatic hydroxyl groups is 1. The van der Waals surface area contributed by atoms with Gasteiger partial charge in [-0.15, -0.1) is 0 Å². The van der Waals surface area contributed by atoms with Gasteiger partial charge in [-0.1, -0.05) is 6.07 Å². The van der Waals surface area contributed by atoms with Crippen molar-refractivity contribution >= 4 is 22.7 Å². The maximum atomic E-state index is 12.7. The maximum Gasteiger partial charge on any atom is 0.417 e. The number of hydrogen-bond acceptors (Lipinski definition) is 6. The average Bonchev–Trinajstić information content (AvgIpc) is 3.16. The van der Waals surface area contributed by atoms with Crippen molar-refractivity contribution in [2.45, 2.75) is 25.1 Å². The quantitative estimate of drug-likeness (QED) is 0.589. The molecule has 2 aromatic heterocycles. The lowest BCUT2D eigenvalue weighted by molar-refractivity contribution is -0.137. The van der Waals surface area contributed by atoms with Gasteiger partial charge in [0.1, 0.15) is 11.4 Å². The lowest BCUT2D eigenvalue weighted by atomic mass is 10.1. The molecular formula is C23H21F3N4O4. The third-order valence-corrected chi connectivity index (χ3v) is 5.38. The second-order valence-electron chi connectivity index (χ2n) is 8.28. The van der Waals surface area contributed by atoms with Crippen LogP contribution in [0, 0.1) is 0 Å². The van der Waals surface area contributed by atoms with Crippen LogP contribution >= 0.6 is 0 Å². The Morgan fingerprint density at radius 2 is 2.00 bits per heavy atom. The number of benzene rings is 1. The Labute approximate surface area is 192 Å². The Morgan fingerprint density at radius 3 is 2.65 bits per heavy atom. The molecular weight excluding hydrogens is 453 g/mol. The normalized spacial score (nSPS) is 18.2. The number of amides is 2. The third-order valence-electron chi connectivity index (χ3n) is 5.38. The lowest BCUT2D eigenvalue weighted by Gasteiger charge is -2.19. The van der Waals surface area contributed by atoms with Crippen LogP contribution in [-0.4, -0.2) is 57.0 Å². The van der Waals surface area contributed by atoms with Gasteiger partial charge < -0.3 is 20.1 Å². The number of carbonyl (C=O) groups is 2. The van der Waals surface area contributed by atoms with Gasteiger partial charge in [0.15, 0.2) is 0 Å². The number of β-amino-alcohol motifs (C(OH)–C–C–N with tert-alkyl or cyclic N) is 1. The van der Waals surface area contributed by atoms with Crippen LogP contribution in [-0.2, 0) is 11.0 Å². The van der Waals surface area contributed by atoms with Gasteiger partial charge in [0, 0.05) is 30.7 Å². The molecule has 11 heteroatoms. The van der Waals surface area contributed by atoms with E-state index in [2.05, 4.69) is 15.3 Å². The van der Waals surface area contributed by atoms with Crippen LogP contribution in [0.5, 0.6) is 11.6 Å². The van der Waals surface area contributed by atoms with Gasteiger partial charge in [0.2, 0.25) is 11.8 Å². The predicted molar refractivity (Wildman–Crippen MR) is 115 cm³/mol. The van der Waals surface area contributed by atoms with E-state index < -0.39 is 23.2 Å². The van der Waals surface area contributed by atoms with E-state index in [0.717, 1.165) is 12.1 Å². The molecule has 0 aliphatic carbocycles. The van der Waals surface area contributed by atoms with E-state index in [1.54, 1.807) is 31.2 Å². The Bertz CT molecular complexity index is 1230. The van der Waals surface area contributed by atoms with Crippen LogP contribution < -0.4 is 10.1 Å². The molecule has 178 valence electrons. The lowest BCUT2D eigenvalue weighted by Crippen LogP contribution is -2.41. The Morgan fingerprint density at radius 1 is 1.21 bits per heavy atom. The molecule has 0 bridgehead atoms. The molecule has 3 aromatic rings. The Kier molecular flexibility index (Phi) is 6.13. The monoisotopic (exact) mass is 474 g/mol. The first-order chi connectivity index (χ1) is 16.0. The Balaban J connectivity index is 1.39. The highest BCUT2D eigenvalue weighted by molar-refractivity contribution is 5.97. The molecule has 8 nitrogen and oxygen atoms in total. The molecule has 1 unspecified atom stereocenters. The fraction of sp³-hybridized carbons (Fsp3) is 0.304. The van der Waals surface area contributed by atoms with Gasteiger partial charge in [-0.3, -0.25) is 9.59 Å². The zero-order chi connectivity index (χ0) is 24.5. The van der Waals surface area contributed by atoms with Gasteiger partial charge in [-0.05, 0) is 43.7 Å². The minimum atomic E-state index is -4.48. The standard InChI is InChI=1S/C23H21F3N4O4/c1-22(33)8-9-30(13-22)20(31)12-28-21(32)18-5-2-14-10-16(4-6-17(14)29-18)34-19-7-3-15(11-27-19)23(24,25)26/h2-7,10-11,33H,8-9,12-13H2,1H3,(H,28,32). The highest BCUT2D eigenvalue weighted by Crippen LogP contribution is 2.30. The highest BCUT2D eigenvalue weighted by Gasteiger charge is 2.34. The number of halogens is 3. The number of hydrogen-bond donors (Lipinski definition) is 2. The smallest absolute Gasteiger partial charge is 0.417 e. The molecule has 0 radical (unpaired) electrons. The SMILES string of the molecule is CC1(O)CCN(C(=O)CNC(=O)c2ccc3cc(Oc4ccc(C(F)(F)F)cn4)ccc3n2)C1. The van der Waals surface area contributed by atoms with Crippen LogP contribution in [0.2, 0.25) is 0 Å². The number of nitrogens with zero attached hydrogens (tertiary/aromatic N) is 3. The molecule has 1 aliphatic rings. The minimum Gasteiger partial charge on any atom is -0.439 e.